The number of nitrogens with one attached hydrogen (secondary N) is 1. The van der Waals surface area contributed by atoms with E-state index in [0.717, 1.165) is 18.8 Å². The van der Waals surface area contributed by atoms with Gasteiger partial charge in [-0.15, -0.1) is 0 Å². The molecule has 0 bridgehead atoms. The minimum atomic E-state index is -0.626. The van der Waals surface area contributed by atoms with Gasteiger partial charge in [0.05, 0.1) is 23.2 Å². The summed E-state index contributed by atoms with van der Waals surface area (Å²) in [5, 5.41) is 13.3. The van der Waals surface area contributed by atoms with Crippen LogP contribution in [-0.2, 0) is 4.74 Å². The number of morpholine rings is 1. The first kappa shape index (κ1) is 15.6. The molecule has 1 atom stereocenters. The summed E-state index contributed by atoms with van der Waals surface area (Å²) in [6.07, 6.45) is 0.899. The fourth-order valence-corrected chi connectivity index (χ4v) is 2.18. The number of amides is 1. The van der Waals surface area contributed by atoms with Gasteiger partial charge in [-0.3, -0.25) is 14.9 Å². The van der Waals surface area contributed by atoms with Gasteiger partial charge in [-0.2, -0.15) is 0 Å². The van der Waals surface area contributed by atoms with Crippen molar-refractivity contribution >= 4 is 23.2 Å². The Bertz CT molecular complexity index is 554. The Balaban J connectivity index is 1.99. The van der Waals surface area contributed by atoms with Crippen LogP contribution in [0.15, 0.2) is 12.3 Å². The van der Waals surface area contributed by atoms with Crippen molar-refractivity contribution in [2.24, 2.45) is 0 Å². The predicted octanol–water partition coefficient (Wildman–Crippen LogP) is 0.704. The average molecular weight is 315 g/mol. The van der Waals surface area contributed by atoms with E-state index in [9.17, 15) is 14.9 Å². The number of halogens is 1. The van der Waals surface area contributed by atoms with Gasteiger partial charge in [-0.1, -0.05) is 11.6 Å². The Labute approximate surface area is 126 Å². The average Bonchev–Trinajstić information content (AvgIpc) is 2.45. The molecule has 1 aromatic rings. The lowest BCUT2D eigenvalue weighted by Crippen LogP contribution is -2.46. The summed E-state index contributed by atoms with van der Waals surface area (Å²) >= 11 is 5.81. The number of ether oxygens (including phenoxy) is 1. The number of hydrogen-bond donors (Lipinski definition) is 1. The molecule has 0 saturated carbocycles. The van der Waals surface area contributed by atoms with E-state index in [4.69, 9.17) is 16.3 Å². The number of rotatable bonds is 4. The number of pyridine rings is 1. The second kappa shape index (κ2) is 6.79. The molecule has 0 spiro atoms. The molecule has 2 heterocycles. The number of likely N-dealkylation sites (N-methyl/N-ethyl adjacent to an activating group) is 1. The van der Waals surface area contributed by atoms with Gasteiger partial charge in [0.25, 0.3) is 11.6 Å². The van der Waals surface area contributed by atoms with Gasteiger partial charge in [0.1, 0.15) is 11.3 Å². The molecule has 0 radical (unpaired) electrons. The molecule has 1 unspecified atom stereocenters. The molecular weight excluding hydrogens is 300 g/mol. The summed E-state index contributed by atoms with van der Waals surface area (Å²) in [4.78, 5) is 27.9. The third-order valence-corrected chi connectivity index (χ3v) is 3.41. The number of nitrogens with zero attached hydrogens (tertiary/aromatic N) is 3. The summed E-state index contributed by atoms with van der Waals surface area (Å²) in [5.74, 6) is -0.506. The van der Waals surface area contributed by atoms with E-state index < -0.39 is 10.8 Å². The SMILES string of the molecule is CN1CCOC(CNC(=O)c2cc([N+](=O)[O-])cnc2Cl)C1. The summed E-state index contributed by atoms with van der Waals surface area (Å²) in [7, 11) is 1.97. The molecular formula is C12H15ClN4O4. The molecule has 9 heteroatoms. The summed E-state index contributed by atoms with van der Waals surface area (Å²) < 4.78 is 5.51. The largest absolute Gasteiger partial charge is 0.374 e. The summed E-state index contributed by atoms with van der Waals surface area (Å²) in [6, 6.07) is 1.11. The Morgan fingerprint density at radius 1 is 1.71 bits per heavy atom. The van der Waals surface area contributed by atoms with Crippen LogP contribution in [0.3, 0.4) is 0 Å². The molecule has 21 heavy (non-hydrogen) atoms. The lowest BCUT2D eigenvalue weighted by atomic mass is 10.2. The Morgan fingerprint density at radius 2 is 2.48 bits per heavy atom. The Kier molecular flexibility index (Phi) is 5.05. The van der Waals surface area contributed by atoms with Crippen LogP contribution in [0.2, 0.25) is 5.15 Å². The quantitative estimate of drug-likeness (QED) is 0.499. The number of carbonyl (C=O) groups is 1. The molecule has 0 aromatic carbocycles. The third kappa shape index (κ3) is 4.10. The van der Waals surface area contributed by atoms with Crippen LogP contribution >= 0.6 is 11.6 Å². The van der Waals surface area contributed by atoms with Crippen molar-refractivity contribution < 1.29 is 14.5 Å². The van der Waals surface area contributed by atoms with Gasteiger partial charge in [0.15, 0.2) is 0 Å². The maximum atomic E-state index is 12.0. The van der Waals surface area contributed by atoms with E-state index >= 15 is 0 Å². The highest BCUT2D eigenvalue weighted by atomic mass is 35.5. The highest BCUT2D eigenvalue weighted by Crippen LogP contribution is 2.19. The van der Waals surface area contributed by atoms with Crippen LogP contribution in [0.25, 0.3) is 0 Å². The Hall–Kier alpha value is -1.77. The van der Waals surface area contributed by atoms with Crippen molar-refractivity contribution in [1.29, 1.82) is 0 Å². The number of aromatic nitrogens is 1. The molecule has 1 saturated heterocycles. The van der Waals surface area contributed by atoms with E-state index in [0.29, 0.717) is 19.7 Å². The van der Waals surface area contributed by atoms with Crippen molar-refractivity contribution in [3.05, 3.63) is 33.1 Å². The van der Waals surface area contributed by atoms with E-state index in [-0.39, 0.29) is 22.5 Å². The maximum absolute atomic E-state index is 12.0. The zero-order valence-electron chi connectivity index (χ0n) is 11.4. The molecule has 114 valence electrons. The minimum Gasteiger partial charge on any atom is -0.374 e. The zero-order valence-corrected chi connectivity index (χ0v) is 12.2. The van der Waals surface area contributed by atoms with Crippen molar-refractivity contribution in [1.82, 2.24) is 15.2 Å². The molecule has 2 rings (SSSR count). The van der Waals surface area contributed by atoms with Gasteiger partial charge >= 0.3 is 0 Å². The van der Waals surface area contributed by atoms with Gasteiger partial charge < -0.3 is 15.0 Å². The highest BCUT2D eigenvalue weighted by molar-refractivity contribution is 6.32. The number of carbonyl (C=O) groups excluding carboxylic acids is 1. The van der Waals surface area contributed by atoms with Gasteiger partial charge in [-0.25, -0.2) is 4.98 Å². The van der Waals surface area contributed by atoms with Gasteiger partial charge in [-0.05, 0) is 7.05 Å². The van der Waals surface area contributed by atoms with Crippen LogP contribution in [0.1, 0.15) is 10.4 Å². The van der Waals surface area contributed by atoms with Crippen molar-refractivity contribution in [2.45, 2.75) is 6.10 Å². The molecule has 8 nitrogen and oxygen atoms in total. The van der Waals surface area contributed by atoms with E-state index in [1.54, 1.807) is 0 Å². The van der Waals surface area contributed by atoms with Gasteiger partial charge in [0.2, 0.25) is 0 Å². The van der Waals surface area contributed by atoms with E-state index in [2.05, 4.69) is 15.2 Å². The zero-order chi connectivity index (χ0) is 15.4. The monoisotopic (exact) mass is 314 g/mol. The summed E-state index contributed by atoms with van der Waals surface area (Å²) in [6.45, 7) is 2.48. The van der Waals surface area contributed by atoms with Crippen LogP contribution < -0.4 is 5.32 Å². The molecule has 1 aliphatic heterocycles. The first-order valence-corrected chi connectivity index (χ1v) is 6.73. The fraction of sp³-hybridized carbons (Fsp3) is 0.500. The third-order valence-electron chi connectivity index (χ3n) is 3.11. The first-order valence-electron chi connectivity index (χ1n) is 6.35. The highest BCUT2D eigenvalue weighted by Gasteiger charge is 2.21. The summed E-state index contributed by atoms with van der Waals surface area (Å²) in [5.41, 5.74) is -0.298. The Morgan fingerprint density at radius 3 is 3.14 bits per heavy atom. The lowest BCUT2D eigenvalue weighted by Gasteiger charge is -2.30. The topological polar surface area (TPSA) is 97.6 Å². The minimum absolute atomic E-state index is 0.0185. The molecule has 1 N–H and O–H groups in total. The fourth-order valence-electron chi connectivity index (χ4n) is 1.99. The maximum Gasteiger partial charge on any atom is 0.288 e. The normalized spacial score (nSPS) is 19.2. The smallest absolute Gasteiger partial charge is 0.288 e. The van der Waals surface area contributed by atoms with Gasteiger partial charge in [0, 0.05) is 25.7 Å². The molecule has 1 aliphatic rings. The second-order valence-corrected chi connectivity index (χ2v) is 5.11. The van der Waals surface area contributed by atoms with Crippen LogP contribution in [-0.4, -0.2) is 60.1 Å². The number of nitro groups is 1. The van der Waals surface area contributed by atoms with Crippen molar-refractivity contribution in [2.75, 3.05) is 33.3 Å². The van der Waals surface area contributed by atoms with Crippen LogP contribution in [0.4, 0.5) is 5.69 Å². The molecule has 0 aliphatic carbocycles. The van der Waals surface area contributed by atoms with E-state index in [1.807, 2.05) is 7.05 Å². The van der Waals surface area contributed by atoms with Crippen molar-refractivity contribution in [3.63, 3.8) is 0 Å². The molecule has 1 fully saturated rings. The lowest BCUT2D eigenvalue weighted by molar-refractivity contribution is -0.385. The van der Waals surface area contributed by atoms with Crippen LogP contribution in [0.5, 0.6) is 0 Å². The van der Waals surface area contributed by atoms with Crippen molar-refractivity contribution in [3.8, 4) is 0 Å². The second-order valence-electron chi connectivity index (χ2n) is 4.75. The predicted molar refractivity (Wildman–Crippen MR) is 75.5 cm³/mol. The van der Waals surface area contributed by atoms with Crippen LogP contribution in [0, 0.1) is 10.1 Å². The standard InChI is InChI=1S/C12H15ClN4O4/c1-16-2-3-21-9(7-16)6-15-12(18)10-4-8(17(19)20)5-14-11(10)13/h4-5,9H,2-3,6-7H2,1H3,(H,15,18). The first-order chi connectivity index (χ1) is 9.97. The molecule has 1 aromatic heterocycles. The number of hydrogen-bond acceptors (Lipinski definition) is 6. The van der Waals surface area contributed by atoms with E-state index in [1.165, 1.54) is 0 Å². The molecule has 1 amide bonds.